The fourth-order valence-electron chi connectivity index (χ4n) is 4.20. The van der Waals surface area contributed by atoms with E-state index in [-0.39, 0.29) is 17.4 Å². The van der Waals surface area contributed by atoms with Crippen LogP contribution >= 0.6 is 0 Å². The Balaban J connectivity index is 1.83. The molecule has 1 spiro atoms. The Kier molecular flexibility index (Phi) is 4.47. The molecule has 2 aliphatic rings. The predicted molar refractivity (Wildman–Crippen MR) is 86.3 cm³/mol. The van der Waals surface area contributed by atoms with Gasteiger partial charge in [-0.3, -0.25) is 4.79 Å². The number of aromatic nitrogens is 1. The molecule has 2 fully saturated rings. The molecule has 128 valence electrons. The summed E-state index contributed by atoms with van der Waals surface area (Å²) in [6, 6.07) is 0. The van der Waals surface area contributed by atoms with Crippen LogP contribution in [0, 0.1) is 12.3 Å². The highest BCUT2D eigenvalue weighted by atomic mass is 16.5. The van der Waals surface area contributed by atoms with Gasteiger partial charge in [-0.2, -0.15) is 0 Å². The summed E-state index contributed by atoms with van der Waals surface area (Å²) in [4.78, 5) is 17.2. The van der Waals surface area contributed by atoms with Crippen molar-refractivity contribution in [3.8, 4) is 0 Å². The van der Waals surface area contributed by atoms with Crippen molar-refractivity contribution >= 4 is 5.91 Å². The molecule has 2 atom stereocenters. The fourth-order valence-corrected chi connectivity index (χ4v) is 4.20. The topological polar surface area (TPSA) is 69.8 Å². The van der Waals surface area contributed by atoms with Crippen LogP contribution in [-0.2, 0) is 6.42 Å². The van der Waals surface area contributed by atoms with E-state index in [0.717, 1.165) is 44.6 Å². The maximum Gasteiger partial charge on any atom is 0.259 e. The van der Waals surface area contributed by atoms with Crippen LogP contribution in [0.2, 0.25) is 0 Å². The van der Waals surface area contributed by atoms with E-state index in [1.165, 1.54) is 0 Å². The van der Waals surface area contributed by atoms with Crippen molar-refractivity contribution in [1.82, 2.24) is 15.0 Å². The van der Waals surface area contributed by atoms with Gasteiger partial charge in [-0.25, -0.2) is 0 Å². The summed E-state index contributed by atoms with van der Waals surface area (Å²) < 4.78 is 5.22. The number of aryl methyl sites for hydroxylation is 2. The second kappa shape index (κ2) is 6.24. The standard InChI is InChI=1S/C17H27N3O3/c1-4-13-15(12(2)23-18-13)16(22)20-8-5-7-17(11-20)10-19(3)9-6-14(17)21/h14,21H,4-11H2,1-3H3/t14-,17-/m0/s1. The second-order valence-electron chi connectivity index (χ2n) is 7.15. The van der Waals surface area contributed by atoms with Gasteiger partial charge in [-0.1, -0.05) is 12.1 Å². The number of aliphatic hydroxyl groups excluding tert-OH is 1. The molecular weight excluding hydrogens is 294 g/mol. The summed E-state index contributed by atoms with van der Waals surface area (Å²) in [7, 11) is 2.09. The number of aliphatic hydroxyl groups is 1. The summed E-state index contributed by atoms with van der Waals surface area (Å²) in [5.41, 5.74) is 1.15. The van der Waals surface area contributed by atoms with Crippen molar-refractivity contribution in [2.45, 2.75) is 45.6 Å². The highest BCUT2D eigenvalue weighted by molar-refractivity contribution is 5.96. The summed E-state index contributed by atoms with van der Waals surface area (Å²) in [6.07, 6.45) is 3.05. The summed E-state index contributed by atoms with van der Waals surface area (Å²) in [5, 5.41) is 14.6. The molecule has 23 heavy (non-hydrogen) atoms. The van der Waals surface area contributed by atoms with Gasteiger partial charge in [-0.05, 0) is 39.7 Å². The molecule has 0 saturated carbocycles. The molecule has 6 heteroatoms. The molecule has 1 N–H and O–H groups in total. The van der Waals surface area contributed by atoms with E-state index < -0.39 is 0 Å². The van der Waals surface area contributed by atoms with E-state index in [9.17, 15) is 9.90 Å². The number of hydrogen-bond donors (Lipinski definition) is 1. The molecule has 0 aromatic carbocycles. The zero-order chi connectivity index (χ0) is 16.6. The third kappa shape index (κ3) is 2.90. The van der Waals surface area contributed by atoms with Gasteiger partial charge in [0, 0.05) is 31.6 Å². The number of piperidine rings is 2. The Morgan fingerprint density at radius 2 is 2.22 bits per heavy atom. The van der Waals surface area contributed by atoms with E-state index in [2.05, 4.69) is 17.1 Å². The Morgan fingerprint density at radius 1 is 1.43 bits per heavy atom. The van der Waals surface area contributed by atoms with Gasteiger partial charge in [0.05, 0.1) is 11.8 Å². The molecule has 3 rings (SSSR count). The predicted octanol–water partition coefficient (Wildman–Crippen LogP) is 1.46. The first-order valence-electron chi connectivity index (χ1n) is 8.58. The van der Waals surface area contributed by atoms with Crippen LogP contribution in [0.15, 0.2) is 4.52 Å². The number of nitrogens with zero attached hydrogens (tertiary/aromatic N) is 3. The van der Waals surface area contributed by atoms with Crippen molar-refractivity contribution in [1.29, 1.82) is 0 Å². The Labute approximate surface area is 137 Å². The van der Waals surface area contributed by atoms with Crippen LogP contribution in [-0.4, -0.2) is 65.3 Å². The van der Waals surface area contributed by atoms with E-state index >= 15 is 0 Å². The lowest BCUT2D eigenvalue weighted by Gasteiger charge is -2.50. The lowest BCUT2D eigenvalue weighted by Crippen LogP contribution is -2.59. The van der Waals surface area contributed by atoms with Crippen molar-refractivity contribution in [2.75, 3.05) is 33.2 Å². The maximum atomic E-state index is 13.0. The molecule has 1 aromatic heterocycles. The van der Waals surface area contributed by atoms with Crippen molar-refractivity contribution in [3.63, 3.8) is 0 Å². The van der Waals surface area contributed by atoms with Gasteiger partial charge in [0.2, 0.25) is 0 Å². The van der Waals surface area contributed by atoms with Crippen molar-refractivity contribution in [3.05, 3.63) is 17.0 Å². The highest BCUT2D eigenvalue weighted by Crippen LogP contribution is 2.39. The lowest BCUT2D eigenvalue weighted by molar-refractivity contribution is -0.0731. The molecule has 0 unspecified atom stereocenters. The summed E-state index contributed by atoms with van der Waals surface area (Å²) in [6.45, 7) is 6.90. The zero-order valence-corrected chi connectivity index (χ0v) is 14.3. The van der Waals surface area contributed by atoms with Gasteiger partial charge in [0.1, 0.15) is 11.3 Å². The monoisotopic (exact) mass is 321 g/mol. The zero-order valence-electron chi connectivity index (χ0n) is 14.3. The van der Waals surface area contributed by atoms with Crippen LogP contribution in [0.25, 0.3) is 0 Å². The van der Waals surface area contributed by atoms with Crippen LogP contribution in [0.4, 0.5) is 0 Å². The van der Waals surface area contributed by atoms with Gasteiger partial charge in [-0.15, -0.1) is 0 Å². The van der Waals surface area contributed by atoms with Gasteiger partial charge < -0.3 is 19.4 Å². The molecule has 6 nitrogen and oxygen atoms in total. The first kappa shape index (κ1) is 16.5. The molecular formula is C17H27N3O3. The number of amides is 1. The molecule has 3 heterocycles. The quantitative estimate of drug-likeness (QED) is 0.893. The average Bonchev–Trinajstić information content (AvgIpc) is 2.91. The highest BCUT2D eigenvalue weighted by Gasteiger charge is 2.46. The number of hydrogen-bond acceptors (Lipinski definition) is 5. The minimum Gasteiger partial charge on any atom is -0.392 e. The van der Waals surface area contributed by atoms with E-state index in [0.29, 0.717) is 24.3 Å². The molecule has 2 saturated heterocycles. The van der Waals surface area contributed by atoms with Crippen molar-refractivity contribution < 1.29 is 14.4 Å². The molecule has 0 aliphatic carbocycles. The van der Waals surface area contributed by atoms with Crippen LogP contribution in [0.5, 0.6) is 0 Å². The largest absolute Gasteiger partial charge is 0.392 e. The Bertz CT molecular complexity index is 586. The summed E-state index contributed by atoms with van der Waals surface area (Å²) in [5.74, 6) is 0.591. The van der Waals surface area contributed by atoms with Gasteiger partial charge >= 0.3 is 0 Å². The number of carbonyl (C=O) groups is 1. The Morgan fingerprint density at radius 3 is 2.96 bits per heavy atom. The first-order chi connectivity index (χ1) is 11.0. The van der Waals surface area contributed by atoms with E-state index in [4.69, 9.17) is 4.52 Å². The molecule has 0 radical (unpaired) electrons. The molecule has 2 aliphatic heterocycles. The SMILES string of the molecule is CCc1noc(C)c1C(=O)N1CCC[C@]2(CN(C)CC[C@@H]2O)C1. The molecule has 0 bridgehead atoms. The first-order valence-corrected chi connectivity index (χ1v) is 8.58. The van der Waals surface area contributed by atoms with Gasteiger partial charge in [0.25, 0.3) is 5.91 Å². The van der Waals surface area contributed by atoms with Crippen LogP contribution in [0.3, 0.4) is 0 Å². The van der Waals surface area contributed by atoms with E-state index in [1.54, 1.807) is 6.92 Å². The molecule has 1 amide bonds. The number of carbonyl (C=O) groups excluding carboxylic acids is 1. The normalized spacial score (nSPS) is 29.2. The maximum absolute atomic E-state index is 13.0. The van der Waals surface area contributed by atoms with E-state index in [1.807, 2.05) is 11.8 Å². The lowest BCUT2D eigenvalue weighted by atomic mass is 9.71. The third-order valence-electron chi connectivity index (χ3n) is 5.45. The molecule has 1 aromatic rings. The fraction of sp³-hybridized carbons (Fsp3) is 0.765. The Hall–Kier alpha value is -1.40. The number of rotatable bonds is 2. The third-order valence-corrected chi connectivity index (χ3v) is 5.45. The minimum absolute atomic E-state index is 0.0000940. The van der Waals surface area contributed by atoms with Crippen LogP contribution < -0.4 is 0 Å². The number of likely N-dealkylation sites (tertiary alicyclic amines) is 2. The minimum atomic E-state index is -0.330. The van der Waals surface area contributed by atoms with Gasteiger partial charge in [0.15, 0.2) is 0 Å². The second-order valence-corrected chi connectivity index (χ2v) is 7.15. The smallest absolute Gasteiger partial charge is 0.259 e. The van der Waals surface area contributed by atoms with Crippen LogP contribution in [0.1, 0.15) is 48.0 Å². The summed E-state index contributed by atoms with van der Waals surface area (Å²) >= 11 is 0. The van der Waals surface area contributed by atoms with Crippen molar-refractivity contribution in [2.24, 2.45) is 5.41 Å². The average molecular weight is 321 g/mol.